The van der Waals surface area contributed by atoms with Crippen LogP contribution in [-0.2, 0) is 31.3 Å². The average Bonchev–Trinajstić information content (AvgIpc) is 2.50. The van der Waals surface area contributed by atoms with Crippen LogP contribution in [0.2, 0.25) is 0 Å². The van der Waals surface area contributed by atoms with Gasteiger partial charge in [0.05, 0.1) is 0 Å². The molecule has 0 saturated heterocycles. The van der Waals surface area contributed by atoms with Crippen molar-refractivity contribution in [1.82, 2.24) is 0 Å². The third-order valence-corrected chi connectivity index (χ3v) is 3.98. The zero-order valence-electron chi connectivity index (χ0n) is 16.4. The predicted molar refractivity (Wildman–Crippen MR) is 95.2 cm³/mol. The van der Waals surface area contributed by atoms with Crippen LogP contribution in [0.3, 0.4) is 0 Å². The number of carbonyl (C=O) groups is 2. The van der Waals surface area contributed by atoms with Gasteiger partial charge in [-0.15, -0.1) is 0 Å². The van der Waals surface area contributed by atoms with E-state index in [-0.39, 0.29) is 28.1 Å². The fourth-order valence-electron chi connectivity index (χ4n) is 2.64. The first-order valence-corrected chi connectivity index (χ1v) is 9.88. The first-order valence-electron chi connectivity index (χ1n) is 9.88. The summed E-state index contributed by atoms with van der Waals surface area (Å²) in [5.41, 5.74) is 0. The van der Waals surface area contributed by atoms with Gasteiger partial charge in [-0.1, -0.05) is 96.8 Å². The molecule has 0 amide bonds. The number of hydrogen-bond donors (Lipinski definition) is 0. The molecule has 0 aliphatic carbocycles. The Morgan fingerprint density at radius 1 is 0.600 bits per heavy atom. The summed E-state index contributed by atoms with van der Waals surface area (Å²) in [4.78, 5) is 19.1. The van der Waals surface area contributed by atoms with E-state index in [0.717, 1.165) is 19.8 Å². The van der Waals surface area contributed by atoms with Gasteiger partial charge in [-0.05, 0) is 19.8 Å². The van der Waals surface area contributed by atoms with Gasteiger partial charge in [0, 0.05) is 11.9 Å². The van der Waals surface area contributed by atoms with Crippen molar-refractivity contribution in [3.63, 3.8) is 0 Å². The molecule has 0 aromatic heterocycles. The van der Waals surface area contributed by atoms with E-state index in [0.29, 0.717) is 0 Å². The van der Waals surface area contributed by atoms with Crippen LogP contribution in [0.5, 0.6) is 0 Å². The second-order valence-corrected chi connectivity index (χ2v) is 6.56. The molecule has 0 aliphatic heterocycles. The van der Waals surface area contributed by atoms with Crippen LogP contribution in [-0.4, -0.2) is 11.9 Å². The van der Waals surface area contributed by atoms with Crippen LogP contribution in [0.1, 0.15) is 117 Å². The van der Waals surface area contributed by atoms with E-state index in [4.69, 9.17) is 9.90 Å². The van der Waals surface area contributed by atoms with Crippen LogP contribution in [0.15, 0.2) is 0 Å². The number of aliphatic carboxylic acids is 2. The third-order valence-electron chi connectivity index (χ3n) is 3.98. The number of unbranched alkanes of at least 4 members (excludes halogenated alkanes) is 14. The molecule has 0 rings (SSSR count). The summed E-state index contributed by atoms with van der Waals surface area (Å²) in [6.07, 6.45) is 19.9. The van der Waals surface area contributed by atoms with Gasteiger partial charge in [-0.25, -0.2) is 0 Å². The molecule has 0 N–H and O–H groups in total. The molecule has 146 valence electrons. The maximum Gasteiger partial charge on any atom is 2.00 e. The van der Waals surface area contributed by atoms with Crippen molar-refractivity contribution in [2.45, 2.75) is 117 Å². The van der Waals surface area contributed by atoms with E-state index >= 15 is 0 Å². The Morgan fingerprint density at radius 2 is 0.840 bits per heavy atom. The molecule has 0 aromatic rings. The smallest absolute Gasteiger partial charge is 0.550 e. The van der Waals surface area contributed by atoms with E-state index in [1.807, 2.05) is 0 Å². The normalized spacial score (nSPS) is 9.68. The molecule has 0 spiro atoms. The second-order valence-electron chi connectivity index (χ2n) is 6.56. The molecule has 0 heterocycles. The van der Waals surface area contributed by atoms with Crippen LogP contribution in [0, 0.1) is 0 Å². The minimum atomic E-state index is -1.08. The molecule has 5 heteroatoms. The van der Waals surface area contributed by atoms with Gasteiger partial charge in [0.15, 0.2) is 0 Å². The summed E-state index contributed by atoms with van der Waals surface area (Å²) < 4.78 is 0. The topological polar surface area (TPSA) is 80.3 Å². The summed E-state index contributed by atoms with van der Waals surface area (Å²) in [5, 5.41) is 19.1. The fourth-order valence-corrected chi connectivity index (χ4v) is 2.64. The molecule has 0 bridgehead atoms. The Labute approximate surface area is 170 Å². The van der Waals surface area contributed by atoms with E-state index in [9.17, 15) is 9.90 Å². The van der Waals surface area contributed by atoms with Crippen molar-refractivity contribution in [2.75, 3.05) is 0 Å². The number of carboxylic acid groups (broad SMARTS) is 2. The Balaban J connectivity index is -0.000000867. The summed E-state index contributed by atoms with van der Waals surface area (Å²) >= 11 is 0. The van der Waals surface area contributed by atoms with Crippen molar-refractivity contribution >= 4 is 11.9 Å². The number of carboxylic acids is 2. The monoisotopic (exact) mass is 390 g/mol. The van der Waals surface area contributed by atoms with E-state index in [1.165, 1.54) is 83.5 Å². The van der Waals surface area contributed by atoms with Gasteiger partial charge in [0.1, 0.15) is 0 Å². The van der Waals surface area contributed by atoms with Gasteiger partial charge in [0.2, 0.25) is 0 Å². The Morgan fingerprint density at radius 3 is 1.08 bits per heavy atom. The number of carbonyl (C=O) groups excluding carboxylic acids is 2. The minimum absolute atomic E-state index is 0. The predicted octanol–water partition coefficient (Wildman–Crippen LogP) is 3.75. The molecular weight excluding hydrogens is 352 g/mol. The molecule has 0 radical (unpaired) electrons. The average molecular weight is 390 g/mol. The van der Waals surface area contributed by atoms with Gasteiger partial charge in [0.25, 0.3) is 0 Å². The third kappa shape index (κ3) is 40.0. The summed E-state index contributed by atoms with van der Waals surface area (Å²) in [6, 6.07) is 0. The molecular formula is C20H38O4Ti. The summed E-state index contributed by atoms with van der Waals surface area (Å²) in [5.74, 6) is -1.99. The van der Waals surface area contributed by atoms with Gasteiger partial charge in [-0.2, -0.15) is 0 Å². The van der Waals surface area contributed by atoms with Crippen molar-refractivity contribution in [1.29, 1.82) is 0 Å². The molecule has 25 heavy (non-hydrogen) atoms. The molecule has 0 aliphatic rings. The maximum absolute atomic E-state index is 10.2. The van der Waals surface area contributed by atoms with Crippen molar-refractivity contribution < 1.29 is 41.5 Å². The van der Waals surface area contributed by atoms with Crippen LogP contribution >= 0.6 is 0 Å². The Bertz CT molecular complexity index is 279. The number of hydrogen-bond acceptors (Lipinski definition) is 4. The molecule has 4 nitrogen and oxygen atoms in total. The quantitative estimate of drug-likeness (QED) is 0.297. The standard InChI is InChI=1S/C18H36O2.C2H4O2.Ti/c1-2-3-4-5-6-7-8-9-10-11-12-13-14-15-16-17-18(19)20;1-2(3)4;/h2-17H2,1H3,(H,19,20);1H3,(H,3,4);/q;;+2/p-2. The van der Waals surface area contributed by atoms with E-state index < -0.39 is 11.9 Å². The first-order chi connectivity index (χ1) is 11.5. The van der Waals surface area contributed by atoms with Crippen LogP contribution in [0.25, 0.3) is 0 Å². The van der Waals surface area contributed by atoms with E-state index in [2.05, 4.69) is 6.92 Å². The summed E-state index contributed by atoms with van der Waals surface area (Å²) in [6.45, 7) is 3.24. The van der Waals surface area contributed by atoms with Crippen LogP contribution < -0.4 is 10.2 Å². The minimum Gasteiger partial charge on any atom is -0.550 e. The molecule has 0 atom stereocenters. The first kappa shape index (κ1) is 29.4. The molecule has 0 saturated carbocycles. The largest absolute Gasteiger partial charge is 2.00 e. The molecule has 0 unspecified atom stereocenters. The molecule has 0 aromatic carbocycles. The number of rotatable bonds is 16. The molecule has 0 fully saturated rings. The Hall–Kier alpha value is -0.346. The van der Waals surface area contributed by atoms with Crippen molar-refractivity contribution in [3.8, 4) is 0 Å². The van der Waals surface area contributed by atoms with Crippen molar-refractivity contribution in [2.24, 2.45) is 0 Å². The van der Waals surface area contributed by atoms with Gasteiger partial charge in [-0.3, -0.25) is 0 Å². The van der Waals surface area contributed by atoms with Crippen molar-refractivity contribution in [3.05, 3.63) is 0 Å². The SMILES string of the molecule is CC(=O)[O-].CCCCCCCCCCCCCCCCCC(=O)[O-].[Ti+2]. The summed E-state index contributed by atoms with van der Waals surface area (Å²) in [7, 11) is 0. The maximum atomic E-state index is 10.2. The Kier molecular flexibility index (Phi) is 30.5. The second kappa shape index (κ2) is 25.9. The zero-order valence-corrected chi connectivity index (χ0v) is 18.0. The van der Waals surface area contributed by atoms with E-state index in [1.54, 1.807) is 0 Å². The fraction of sp³-hybridized carbons (Fsp3) is 0.900. The zero-order chi connectivity index (χ0) is 18.5. The van der Waals surface area contributed by atoms with Gasteiger partial charge >= 0.3 is 21.7 Å². The van der Waals surface area contributed by atoms with Crippen LogP contribution in [0.4, 0.5) is 0 Å². The van der Waals surface area contributed by atoms with Gasteiger partial charge < -0.3 is 19.8 Å².